The largest absolute Gasteiger partial charge is 0.305 e. The van der Waals surface area contributed by atoms with E-state index in [9.17, 15) is 13.6 Å². The minimum Gasteiger partial charge on any atom is -0.305 e. The van der Waals surface area contributed by atoms with Gasteiger partial charge in [-0.05, 0) is 31.2 Å². The normalized spacial score (nSPS) is 11.1. The molecule has 26 heavy (non-hydrogen) atoms. The second-order valence-electron chi connectivity index (χ2n) is 5.40. The van der Waals surface area contributed by atoms with Crippen molar-refractivity contribution < 1.29 is 13.6 Å². The molecule has 0 bridgehead atoms. The summed E-state index contributed by atoms with van der Waals surface area (Å²) in [6.45, 7) is 1.80. The third-order valence-electron chi connectivity index (χ3n) is 3.70. The Balaban J connectivity index is 1.75. The van der Waals surface area contributed by atoms with Crippen molar-refractivity contribution in [1.29, 1.82) is 0 Å². The highest BCUT2D eigenvalue weighted by atomic mass is 35.5. The van der Waals surface area contributed by atoms with Crippen LogP contribution >= 0.6 is 11.6 Å². The van der Waals surface area contributed by atoms with Crippen molar-refractivity contribution in [1.82, 2.24) is 15.2 Å². The second-order valence-corrected chi connectivity index (χ2v) is 5.80. The van der Waals surface area contributed by atoms with E-state index in [0.29, 0.717) is 5.82 Å². The average molecular weight is 375 g/mol. The number of hydrogen-bond acceptors (Lipinski definition) is 3. The van der Waals surface area contributed by atoms with Gasteiger partial charge in [0.2, 0.25) is 5.91 Å². The molecule has 0 aliphatic carbocycles. The summed E-state index contributed by atoms with van der Waals surface area (Å²) < 4.78 is 27.1. The summed E-state index contributed by atoms with van der Waals surface area (Å²) in [5.74, 6) is -2.46. The van der Waals surface area contributed by atoms with Crippen LogP contribution in [-0.4, -0.2) is 21.1 Å². The van der Waals surface area contributed by atoms with Crippen molar-refractivity contribution >= 4 is 29.4 Å². The summed E-state index contributed by atoms with van der Waals surface area (Å²) in [6, 6.07) is 6.12. The zero-order valence-corrected chi connectivity index (χ0v) is 14.3. The van der Waals surface area contributed by atoms with Crippen molar-refractivity contribution in [2.75, 3.05) is 5.32 Å². The van der Waals surface area contributed by atoms with Crippen LogP contribution in [0.2, 0.25) is 5.02 Å². The maximum absolute atomic E-state index is 13.7. The topological polar surface area (TPSA) is 70.7 Å². The van der Waals surface area contributed by atoms with Crippen LogP contribution in [0.4, 0.5) is 14.6 Å². The highest BCUT2D eigenvalue weighted by molar-refractivity contribution is 6.30. The van der Waals surface area contributed by atoms with Gasteiger partial charge >= 0.3 is 0 Å². The molecule has 0 saturated heterocycles. The smallest absolute Gasteiger partial charge is 0.249 e. The number of rotatable bonds is 4. The maximum atomic E-state index is 13.7. The number of hydrogen-bond donors (Lipinski definition) is 2. The number of nitrogens with zero attached hydrogens (tertiary/aromatic N) is 2. The van der Waals surface area contributed by atoms with E-state index in [1.54, 1.807) is 19.3 Å². The summed E-state index contributed by atoms with van der Waals surface area (Å²) in [4.78, 5) is 16.0. The van der Waals surface area contributed by atoms with Crippen LogP contribution in [-0.2, 0) is 4.79 Å². The Hall–Kier alpha value is -3.06. The van der Waals surface area contributed by atoms with Gasteiger partial charge in [0.25, 0.3) is 0 Å². The first-order valence-corrected chi connectivity index (χ1v) is 7.93. The molecule has 1 aromatic carbocycles. The van der Waals surface area contributed by atoms with Gasteiger partial charge in [-0.15, -0.1) is 0 Å². The summed E-state index contributed by atoms with van der Waals surface area (Å²) in [6.07, 6.45) is 5.55. The van der Waals surface area contributed by atoms with Crippen LogP contribution in [0.5, 0.6) is 0 Å². The molecule has 8 heteroatoms. The van der Waals surface area contributed by atoms with E-state index in [2.05, 4.69) is 20.5 Å². The number of anilines is 1. The van der Waals surface area contributed by atoms with Crippen LogP contribution in [0.15, 0.2) is 42.7 Å². The molecule has 3 aromatic rings. The molecule has 5 nitrogen and oxygen atoms in total. The van der Waals surface area contributed by atoms with E-state index in [0.717, 1.165) is 29.0 Å². The number of halogens is 3. The first-order chi connectivity index (χ1) is 12.5. The molecular formula is C18H13ClF2N4O. The average Bonchev–Trinajstić information content (AvgIpc) is 3.00. The van der Waals surface area contributed by atoms with Crippen molar-refractivity contribution in [3.63, 3.8) is 0 Å². The molecule has 2 N–H and O–H groups in total. The third kappa shape index (κ3) is 3.62. The Morgan fingerprint density at radius 2 is 1.92 bits per heavy atom. The predicted octanol–water partition coefficient (Wildman–Crippen LogP) is 4.36. The van der Waals surface area contributed by atoms with Crippen molar-refractivity contribution in [2.24, 2.45) is 0 Å². The molecule has 0 radical (unpaired) electrons. The van der Waals surface area contributed by atoms with Gasteiger partial charge in [-0.1, -0.05) is 17.7 Å². The first kappa shape index (κ1) is 17.8. The monoisotopic (exact) mass is 374 g/mol. The summed E-state index contributed by atoms with van der Waals surface area (Å²) >= 11 is 5.49. The number of aromatic nitrogens is 3. The molecule has 0 fully saturated rings. The standard InChI is InChI=1S/C18H13ClF2N4O/c1-10-17(12-6-8-22-9-7-12)24-25-18(10)23-14(26)5-3-11-2-4-13(19)16(21)15(11)20/h2-9H,1H3,(H2,23,24,25,26). The van der Waals surface area contributed by atoms with Crippen LogP contribution in [0.25, 0.3) is 17.3 Å². The van der Waals surface area contributed by atoms with Gasteiger partial charge in [0.05, 0.1) is 10.7 Å². The number of H-pyrrole nitrogens is 1. The minimum absolute atomic E-state index is 0.0849. The number of benzene rings is 1. The Morgan fingerprint density at radius 1 is 1.19 bits per heavy atom. The molecule has 1 amide bonds. The lowest BCUT2D eigenvalue weighted by atomic mass is 10.1. The van der Waals surface area contributed by atoms with Crippen LogP contribution < -0.4 is 5.32 Å². The number of aromatic amines is 1. The molecule has 0 spiro atoms. The fraction of sp³-hybridized carbons (Fsp3) is 0.0556. The fourth-order valence-electron chi connectivity index (χ4n) is 2.31. The molecular weight excluding hydrogens is 362 g/mol. The zero-order chi connectivity index (χ0) is 18.7. The van der Waals surface area contributed by atoms with E-state index < -0.39 is 17.5 Å². The van der Waals surface area contributed by atoms with E-state index >= 15 is 0 Å². The van der Waals surface area contributed by atoms with Gasteiger partial charge in [0, 0.05) is 35.2 Å². The third-order valence-corrected chi connectivity index (χ3v) is 3.99. The Morgan fingerprint density at radius 3 is 2.65 bits per heavy atom. The highest BCUT2D eigenvalue weighted by Crippen LogP contribution is 2.25. The SMILES string of the molecule is Cc1c(NC(=O)C=Cc2ccc(Cl)c(F)c2F)n[nH]c1-c1ccncc1. The molecule has 0 aliphatic heterocycles. The highest BCUT2D eigenvalue weighted by Gasteiger charge is 2.13. The van der Waals surface area contributed by atoms with Crippen molar-refractivity contribution in [2.45, 2.75) is 6.92 Å². The van der Waals surface area contributed by atoms with Gasteiger partial charge in [-0.25, -0.2) is 8.78 Å². The van der Waals surface area contributed by atoms with E-state index in [-0.39, 0.29) is 10.6 Å². The number of nitrogens with one attached hydrogen (secondary N) is 2. The molecule has 3 rings (SSSR count). The van der Waals surface area contributed by atoms with Crippen LogP contribution in [0.3, 0.4) is 0 Å². The second kappa shape index (κ2) is 7.45. The molecule has 0 atom stereocenters. The molecule has 2 aromatic heterocycles. The molecule has 132 valence electrons. The van der Waals surface area contributed by atoms with Crippen LogP contribution in [0, 0.1) is 18.6 Å². The summed E-state index contributed by atoms with van der Waals surface area (Å²) in [5.41, 5.74) is 2.28. The lowest BCUT2D eigenvalue weighted by Gasteiger charge is -2.02. The first-order valence-electron chi connectivity index (χ1n) is 7.55. The van der Waals surface area contributed by atoms with Crippen molar-refractivity contribution in [3.8, 4) is 11.3 Å². The molecule has 0 saturated carbocycles. The number of pyridine rings is 1. The van der Waals surface area contributed by atoms with Gasteiger partial charge in [0.1, 0.15) is 0 Å². The Kier molecular flexibility index (Phi) is 5.09. The van der Waals surface area contributed by atoms with Gasteiger partial charge in [0.15, 0.2) is 17.5 Å². The lowest BCUT2D eigenvalue weighted by Crippen LogP contribution is -2.09. The van der Waals surface area contributed by atoms with E-state index in [1.807, 2.05) is 12.1 Å². The fourth-order valence-corrected chi connectivity index (χ4v) is 2.46. The van der Waals surface area contributed by atoms with Gasteiger partial charge in [-0.3, -0.25) is 14.9 Å². The number of amides is 1. The Bertz CT molecular complexity index is 986. The lowest BCUT2D eigenvalue weighted by molar-refractivity contribution is -0.111. The quantitative estimate of drug-likeness (QED) is 0.526. The number of carbonyl (C=O) groups excluding carboxylic acids is 1. The summed E-state index contributed by atoms with van der Waals surface area (Å²) in [5, 5.41) is 9.19. The van der Waals surface area contributed by atoms with E-state index in [4.69, 9.17) is 11.6 Å². The zero-order valence-electron chi connectivity index (χ0n) is 13.6. The Labute approximate surface area is 152 Å². The predicted molar refractivity (Wildman–Crippen MR) is 95.6 cm³/mol. The van der Waals surface area contributed by atoms with Crippen LogP contribution in [0.1, 0.15) is 11.1 Å². The molecule has 0 aliphatic rings. The summed E-state index contributed by atoms with van der Waals surface area (Å²) in [7, 11) is 0. The van der Waals surface area contributed by atoms with Gasteiger partial charge in [-0.2, -0.15) is 5.10 Å². The maximum Gasteiger partial charge on any atom is 0.249 e. The van der Waals surface area contributed by atoms with Crippen molar-refractivity contribution in [3.05, 3.63) is 70.5 Å². The molecule has 2 heterocycles. The number of carbonyl (C=O) groups is 1. The minimum atomic E-state index is -1.15. The van der Waals surface area contributed by atoms with E-state index in [1.165, 1.54) is 12.1 Å². The molecule has 0 unspecified atom stereocenters. The van der Waals surface area contributed by atoms with Gasteiger partial charge < -0.3 is 5.32 Å².